The highest BCUT2D eigenvalue weighted by Gasteiger charge is 2.29. The van der Waals surface area contributed by atoms with Crippen molar-refractivity contribution in [2.24, 2.45) is 5.92 Å². The van der Waals surface area contributed by atoms with Crippen LogP contribution in [0.25, 0.3) is 0 Å². The number of anilines is 1. The van der Waals surface area contributed by atoms with E-state index in [0.29, 0.717) is 30.1 Å². The molecule has 0 radical (unpaired) electrons. The molecule has 0 bridgehead atoms. The van der Waals surface area contributed by atoms with Gasteiger partial charge in [0.05, 0.1) is 11.9 Å². The van der Waals surface area contributed by atoms with Crippen molar-refractivity contribution in [2.45, 2.75) is 66.5 Å². The van der Waals surface area contributed by atoms with Crippen molar-refractivity contribution in [3.05, 3.63) is 64.2 Å². The summed E-state index contributed by atoms with van der Waals surface area (Å²) in [6.45, 7) is 10.6. The zero-order chi connectivity index (χ0) is 27.8. The Morgan fingerprint density at radius 3 is 2.32 bits per heavy atom. The second-order valence-corrected chi connectivity index (χ2v) is 12.1. The molecule has 0 unspecified atom stereocenters. The van der Waals surface area contributed by atoms with E-state index in [0.717, 1.165) is 16.7 Å². The van der Waals surface area contributed by atoms with Crippen LogP contribution in [0.1, 0.15) is 56.7 Å². The predicted molar refractivity (Wildman–Crippen MR) is 151 cm³/mol. The summed E-state index contributed by atoms with van der Waals surface area (Å²) in [4.78, 5) is 28.1. The van der Waals surface area contributed by atoms with Gasteiger partial charge >= 0.3 is 0 Å². The molecular formula is C28H40ClN3O4S. The van der Waals surface area contributed by atoms with Crippen LogP contribution in [0.4, 0.5) is 5.69 Å². The number of amides is 2. The molecule has 1 atom stereocenters. The lowest BCUT2D eigenvalue weighted by molar-refractivity contribution is -0.141. The quantitative estimate of drug-likeness (QED) is 0.377. The van der Waals surface area contributed by atoms with Crippen molar-refractivity contribution in [1.82, 2.24) is 10.2 Å². The molecular weight excluding hydrogens is 510 g/mol. The Balaban J connectivity index is 2.26. The molecule has 0 aromatic heterocycles. The van der Waals surface area contributed by atoms with Crippen LogP contribution in [-0.2, 0) is 26.2 Å². The van der Waals surface area contributed by atoms with Gasteiger partial charge in [-0.2, -0.15) is 0 Å². The van der Waals surface area contributed by atoms with Gasteiger partial charge in [-0.25, -0.2) is 8.42 Å². The first-order valence-electron chi connectivity index (χ1n) is 12.7. The molecule has 2 rings (SSSR count). The van der Waals surface area contributed by atoms with Crippen molar-refractivity contribution in [1.29, 1.82) is 0 Å². The summed E-state index contributed by atoms with van der Waals surface area (Å²) in [7, 11) is -3.55. The number of rotatable bonds is 13. The van der Waals surface area contributed by atoms with E-state index in [9.17, 15) is 18.0 Å². The number of hydrogen-bond donors (Lipinski definition) is 1. The van der Waals surface area contributed by atoms with Gasteiger partial charge in [-0.15, -0.1) is 0 Å². The van der Waals surface area contributed by atoms with Gasteiger partial charge in [-0.3, -0.25) is 13.9 Å². The first-order chi connectivity index (χ1) is 17.4. The molecule has 0 aliphatic heterocycles. The molecule has 0 fully saturated rings. The van der Waals surface area contributed by atoms with E-state index in [-0.39, 0.29) is 37.2 Å². The summed E-state index contributed by atoms with van der Waals surface area (Å²) in [6, 6.07) is 12.1. The molecule has 0 aliphatic rings. The van der Waals surface area contributed by atoms with Crippen LogP contribution in [0.3, 0.4) is 0 Å². The zero-order valence-corrected chi connectivity index (χ0v) is 24.3. The van der Waals surface area contributed by atoms with Crippen molar-refractivity contribution in [3.8, 4) is 0 Å². The van der Waals surface area contributed by atoms with Gasteiger partial charge < -0.3 is 10.2 Å². The van der Waals surface area contributed by atoms with E-state index >= 15 is 0 Å². The van der Waals surface area contributed by atoms with Crippen LogP contribution in [0, 0.1) is 19.8 Å². The van der Waals surface area contributed by atoms with Crippen LogP contribution >= 0.6 is 11.6 Å². The molecule has 37 heavy (non-hydrogen) atoms. The Kier molecular flexibility index (Phi) is 11.4. The maximum Gasteiger partial charge on any atom is 0.242 e. The SMILES string of the molecule is CC[C@@H](C(=O)NCC(C)C)N(Cc1ccccc1Cl)C(=O)CCCN(c1cccc(C)c1C)S(C)(=O)=O. The van der Waals surface area contributed by atoms with E-state index in [1.54, 1.807) is 17.0 Å². The lowest BCUT2D eigenvalue weighted by Gasteiger charge is -2.31. The van der Waals surface area contributed by atoms with Crippen LogP contribution in [0.2, 0.25) is 5.02 Å². The molecule has 2 aromatic rings. The smallest absolute Gasteiger partial charge is 0.242 e. The minimum atomic E-state index is -3.55. The number of aryl methyl sites for hydroxylation is 1. The first-order valence-corrected chi connectivity index (χ1v) is 14.9. The van der Waals surface area contributed by atoms with Gasteiger partial charge in [0.25, 0.3) is 0 Å². The fourth-order valence-electron chi connectivity index (χ4n) is 4.14. The summed E-state index contributed by atoms with van der Waals surface area (Å²) in [6.07, 6.45) is 2.02. The Bertz CT molecular complexity index is 1180. The molecule has 0 saturated heterocycles. The lowest BCUT2D eigenvalue weighted by Crippen LogP contribution is -2.49. The zero-order valence-electron chi connectivity index (χ0n) is 22.8. The number of halogens is 1. The summed E-state index contributed by atoms with van der Waals surface area (Å²) >= 11 is 6.38. The largest absolute Gasteiger partial charge is 0.354 e. The summed E-state index contributed by atoms with van der Waals surface area (Å²) in [5.74, 6) is -0.146. The van der Waals surface area contributed by atoms with E-state index in [4.69, 9.17) is 11.6 Å². The Labute approximate surface area is 227 Å². The van der Waals surface area contributed by atoms with Gasteiger partial charge in [0, 0.05) is 31.1 Å². The number of nitrogens with zero attached hydrogens (tertiary/aromatic N) is 2. The van der Waals surface area contributed by atoms with Gasteiger partial charge in [0.1, 0.15) is 6.04 Å². The third-order valence-corrected chi connectivity index (χ3v) is 7.91. The highest BCUT2D eigenvalue weighted by atomic mass is 35.5. The molecule has 0 spiro atoms. The summed E-state index contributed by atoms with van der Waals surface area (Å²) in [5.41, 5.74) is 3.24. The molecule has 0 heterocycles. The number of nitrogens with one attached hydrogen (secondary N) is 1. The highest BCUT2D eigenvalue weighted by molar-refractivity contribution is 7.92. The third-order valence-electron chi connectivity index (χ3n) is 6.37. The second kappa shape index (κ2) is 13.8. The third kappa shape index (κ3) is 8.75. The van der Waals surface area contributed by atoms with Gasteiger partial charge in [-0.05, 0) is 61.4 Å². The lowest BCUT2D eigenvalue weighted by atomic mass is 10.1. The van der Waals surface area contributed by atoms with E-state index in [1.165, 1.54) is 10.6 Å². The summed E-state index contributed by atoms with van der Waals surface area (Å²) < 4.78 is 26.6. The van der Waals surface area contributed by atoms with Crippen LogP contribution < -0.4 is 9.62 Å². The molecule has 1 N–H and O–H groups in total. The van der Waals surface area contributed by atoms with Crippen LogP contribution in [0.5, 0.6) is 0 Å². The van der Waals surface area contributed by atoms with Gasteiger partial charge in [0.2, 0.25) is 21.8 Å². The van der Waals surface area contributed by atoms with Gasteiger partial charge in [0.15, 0.2) is 0 Å². The summed E-state index contributed by atoms with van der Waals surface area (Å²) in [5, 5.41) is 3.47. The fraction of sp³-hybridized carbons (Fsp3) is 0.500. The monoisotopic (exact) mass is 549 g/mol. The average Bonchev–Trinajstić information content (AvgIpc) is 2.82. The van der Waals surface area contributed by atoms with Crippen molar-refractivity contribution < 1.29 is 18.0 Å². The minimum Gasteiger partial charge on any atom is -0.354 e. The Morgan fingerprint density at radius 1 is 1.05 bits per heavy atom. The van der Waals surface area contributed by atoms with Crippen molar-refractivity contribution >= 4 is 39.1 Å². The molecule has 2 aromatic carbocycles. The normalized spacial score (nSPS) is 12.3. The Morgan fingerprint density at radius 2 is 1.73 bits per heavy atom. The molecule has 7 nitrogen and oxygen atoms in total. The Hall–Kier alpha value is -2.58. The topological polar surface area (TPSA) is 86.8 Å². The second-order valence-electron chi connectivity index (χ2n) is 9.83. The minimum absolute atomic E-state index is 0.0926. The average molecular weight is 550 g/mol. The standard InChI is InChI=1S/C28H40ClN3O4S/c1-7-25(28(34)30-18-20(2)3)31(19-23-13-8-9-14-24(23)29)27(33)16-11-17-32(37(6,35)36)26-15-10-12-21(4)22(26)5/h8-10,12-15,20,25H,7,11,16-19H2,1-6H3,(H,30,34)/t25-/m0/s1. The van der Waals surface area contributed by atoms with E-state index in [1.807, 2.05) is 65.0 Å². The first kappa shape index (κ1) is 30.6. The molecule has 9 heteroatoms. The molecule has 0 aliphatic carbocycles. The highest BCUT2D eigenvalue weighted by Crippen LogP contribution is 2.26. The molecule has 2 amide bonds. The van der Waals surface area contributed by atoms with Crippen LogP contribution in [-0.4, -0.2) is 50.5 Å². The molecule has 0 saturated carbocycles. The van der Waals surface area contributed by atoms with Crippen molar-refractivity contribution in [3.63, 3.8) is 0 Å². The van der Waals surface area contributed by atoms with E-state index < -0.39 is 16.1 Å². The number of benzene rings is 2. The number of carbonyl (C=O) groups excluding carboxylic acids is 2. The maximum absolute atomic E-state index is 13.5. The fourth-order valence-corrected chi connectivity index (χ4v) is 5.35. The van der Waals surface area contributed by atoms with Crippen molar-refractivity contribution in [2.75, 3.05) is 23.7 Å². The van der Waals surface area contributed by atoms with Crippen LogP contribution in [0.15, 0.2) is 42.5 Å². The number of hydrogen-bond acceptors (Lipinski definition) is 4. The number of carbonyl (C=O) groups is 2. The maximum atomic E-state index is 13.5. The van der Waals surface area contributed by atoms with Gasteiger partial charge in [-0.1, -0.05) is 62.7 Å². The molecule has 204 valence electrons. The predicted octanol–water partition coefficient (Wildman–Crippen LogP) is 5.08. The van der Waals surface area contributed by atoms with E-state index in [2.05, 4.69) is 5.32 Å². The number of sulfonamides is 1.